The van der Waals surface area contributed by atoms with E-state index in [1.807, 2.05) is 127 Å². The van der Waals surface area contributed by atoms with Crippen LogP contribution < -0.4 is 4.90 Å². The minimum Gasteiger partial charge on any atom is -0.340 e. The van der Waals surface area contributed by atoms with Crippen molar-refractivity contribution in [2.45, 2.75) is 248 Å². The standard InChI is InChI=1S/C21H21NS3.C15H14O2S3.C14H20S3.C13H21NS3.C12H18S3.C9H12S3/c1-15-20-21(16(2)24-15)25-19(14-23-20)13-22(17-9-5-3-6-10-17)18-11-7-4-8-12-18;1-8-14-15(9(2)19-8)20-12(7-18-14)6-10-5-11(16)3-4-13(10)17;1-9-13-14(10(2)16-9)17-12(8-15-13)11-6-4-3-5-7-11;1-5-14(6-2)7-11-8-15-12-9(3)16-10(4)13(12)17-11;1-7-10-11(8(2)14-7)15-9(6-13-10)12(3,4)5;1-6-8-9(7(2)12-6)11-5-3-4-10-8/h3-12,19H,13-14H2,1-2H3;3-5,12H,6-7H2,1-2H3;11-12H,3-8H2,1-2H3;11H,5-8H2,1-4H3;9H,6H2,1-5H3;3-5H2,1-2H3. The molecule has 2 aromatic carbocycles. The number of hydrogen-bond donors (Lipinski definition) is 0. The first-order chi connectivity index (χ1) is 50.8. The number of anilines is 2. The molecule has 0 bridgehead atoms. The van der Waals surface area contributed by atoms with Crippen LogP contribution in [0.25, 0.3) is 0 Å². The summed E-state index contributed by atoms with van der Waals surface area (Å²) in [6.07, 6.45) is 13.7. The van der Waals surface area contributed by atoms with E-state index in [9.17, 15) is 9.59 Å². The van der Waals surface area contributed by atoms with Gasteiger partial charge in [-0.2, -0.15) is 0 Å². The summed E-state index contributed by atoms with van der Waals surface area (Å²) in [5.74, 6) is 9.56. The third-order valence-electron chi connectivity index (χ3n) is 19.6. The summed E-state index contributed by atoms with van der Waals surface area (Å²) in [5, 5.41) is 3.36. The number of carbonyl (C=O) groups excluding carboxylic acids is 2. The van der Waals surface area contributed by atoms with E-state index in [0.717, 1.165) is 34.0 Å². The van der Waals surface area contributed by atoms with E-state index < -0.39 is 0 Å². The first-order valence-electron chi connectivity index (χ1n) is 37.3. The lowest BCUT2D eigenvalue weighted by Gasteiger charge is -2.33. The van der Waals surface area contributed by atoms with Gasteiger partial charge in [-0.15, -0.1) is 209 Å². The number of rotatable bonds is 11. The van der Waals surface area contributed by atoms with E-state index in [2.05, 4.69) is 271 Å². The molecule has 4 nitrogen and oxygen atoms in total. The van der Waals surface area contributed by atoms with Crippen molar-refractivity contribution in [1.82, 2.24) is 4.90 Å². The molecule has 106 heavy (non-hydrogen) atoms. The number of fused-ring (bicyclic) bond motifs is 6. The molecular weight excluding hydrogens is 1650 g/mol. The molecule has 1 fully saturated rings. The predicted molar refractivity (Wildman–Crippen MR) is 496 cm³/mol. The van der Waals surface area contributed by atoms with Crippen LogP contribution in [0.3, 0.4) is 0 Å². The number of para-hydroxylation sites is 2. The second-order valence-electron chi connectivity index (χ2n) is 28.8. The summed E-state index contributed by atoms with van der Waals surface area (Å²) >= 11 is 36.3. The molecule has 6 aromatic heterocycles. The smallest absolute Gasteiger partial charge is 0.182 e. The van der Waals surface area contributed by atoms with Crippen molar-refractivity contribution >= 4 is 232 Å². The summed E-state index contributed by atoms with van der Waals surface area (Å²) in [5.41, 5.74) is 3.60. The number of allylic oxidation sites excluding steroid dienone is 4. The van der Waals surface area contributed by atoms with Gasteiger partial charge < -0.3 is 9.80 Å². The Morgan fingerprint density at radius 3 is 1.19 bits per heavy atom. The Bertz CT molecular complexity index is 4250. The highest BCUT2D eigenvalue weighted by molar-refractivity contribution is 8.08. The van der Waals surface area contributed by atoms with Gasteiger partial charge in [-0.3, -0.25) is 9.59 Å². The van der Waals surface area contributed by atoms with Gasteiger partial charge in [-0.05, 0) is 187 Å². The van der Waals surface area contributed by atoms with Gasteiger partial charge in [0.15, 0.2) is 11.6 Å². The molecule has 16 rings (SSSR count). The van der Waals surface area contributed by atoms with Crippen molar-refractivity contribution in [3.05, 3.63) is 143 Å². The third-order valence-corrected chi connectivity index (χ3v) is 46.1. The van der Waals surface area contributed by atoms with E-state index in [-0.39, 0.29) is 11.6 Å². The van der Waals surface area contributed by atoms with E-state index in [4.69, 9.17) is 0 Å². The minimum absolute atomic E-state index is 0.0146. The quantitative estimate of drug-likeness (QED) is 0.115. The summed E-state index contributed by atoms with van der Waals surface area (Å²) in [4.78, 5) is 64.5. The monoisotopic (exact) mass is 1750 g/mol. The molecule has 22 heteroatoms. The van der Waals surface area contributed by atoms with Crippen LogP contribution in [0.2, 0.25) is 0 Å². The highest BCUT2D eigenvalue weighted by atomic mass is 32.2. The van der Waals surface area contributed by atoms with Crippen LogP contribution in [-0.4, -0.2) is 109 Å². The molecule has 5 atom stereocenters. The molecule has 572 valence electrons. The zero-order chi connectivity index (χ0) is 75.5. The SMILES string of the molecule is CCN(CC)CC1CSc2c(C)sc(C)c2S1.Cc1sc(C)c2c1SCC(C(C)(C)C)S2.Cc1sc(C)c2c1SCC(C1CCCCC1)S2.Cc1sc(C)c2c1SCC(CC1=CC(=O)C=CC1=O)S2.Cc1sc(C)c2c1SCC(CN(c1ccccc1)c1ccccc1)S2.Cc1sc(C)c2c1SCCCS2. The highest BCUT2D eigenvalue weighted by Crippen LogP contribution is 2.55. The van der Waals surface area contributed by atoms with Gasteiger partial charge in [0.05, 0.1) is 0 Å². The number of aryl methyl sites for hydroxylation is 12. The van der Waals surface area contributed by atoms with Crippen molar-refractivity contribution in [2.24, 2.45) is 11.3 Å². The fraction of sp³-hybridized carbons (Fsp3) is 0.500. The number of thioether (sulfide) groups is 12. The first-order valence-corrected chi connectivity index (χ1v) is 53.4. The lowest BCUT2D eigenvalue weighted by molar-refractivity contribution is -0.114. The van der Waals surface area contributed by atoms with Crippen LogP contribution in [0.15, 0.2) is 143 Å². The molecule has 0 spiro atoms. The number of hydrogen-bond acceptors (Lipinski definition) is 22. The van der Waals surface area contributed by atoms with Crippen LogP contribution in [0.4, 0.5) is 11.4 Å². The van der Waals surface area contributed by atoms with E-state index in [0.29, 0.717) is 27.9 Å². The molecule has 6 aliphatic heterocycles. The van der Waals surface area contributed by atoms with Crippen LogP contribution >= 0.6 is 209 Å². The Hall–Kier alpha value is -0.580. The van der Waals surface area contributed by atoms with Gasteiger partial charge in [-0.25, -0.2) is 0 Å². The average Bonchev–Trinajstić information content (AvgIpc) is 1.67. The summed E-state index contributed by atoms with van der Waals surface area (Å²) in [6.45, 7) is 43.1. The number of benzene rings is 2. The van der Waals surface area contributed by atoms with Gasteiger partial charge in [0, 0.05) is 202 Å². The lowest BCUT2D eigenvalue weighted by atomic mass is 9.87. The summed E-state index contributed by atoms with van der Waals surface area (Å²) in [6, 6.07) is 21.5. The number of nitrogens with zero attached hydrogens (tertiary/aromatic N) is 2. The molecule has 0 saturated heterocycles. The number of ketones is 2. The third kappa shape index (κ3) is 22.5. The molecule has 8 aliphatic rings. The average molecular weight is 1750 g/mol. The van der Waals surface area contributed by atoms with Crippen molar-refractivity contribution in [3.8, 4) is 0 Å². The largest absolute Gasteiger partial charge is 0.340 e. The van der Waals surface area contributed by atoms with Gasteiger partial charge >= 0.3 is 0 Å². The molecule has 8 aromatic rings. The number of carbonyl (C=O) groups is 2. The molecular formula is C84H106N2O2S18. The van der Waals surface area contributed by atoms with Crippen molar-refractivity contribution in [3.63, 3.8) is 0 Å². The molecule has 12 heterocycles. The molecule has 0 amide bonds. The first kappa shape index (κ1) is 86.3. The van der Waals surface area contributed by atoms with Crippen LogP contribution in [0.1, 0.15) is 138 Å². The Morgan fingerprint density at radius 1 is 0.387 bits per heavy atom. The summed E-state index contributed by atoms with van der Waals surface area (Å²) < 4.78 is 0. The minimum atomic E-state index is -0.0729. The topological polar surface area (TPSA) is 40.6 Å². The van der Waals surface area contributed by atoms with Gasteiger partial charge in [0.2, 0.25) is 0 Å². The van der Waals surface area contributed by atoms with E-state index in [1.165, 1.54) is 196 Å². The second kappa shape index (κ2) is 40.8. The molecule has 1 saturated carbocycles. The van der Waals surface area contributed by atoms with E-state index in [1.54, 1.807) is 44.0 Å². The Balaban J connectivity index is 0.000000129. The normalized spacial score (nSPS) is 20.3. The Labute approximate surface area is 711 Å². The zero-order valence-electron chi connectivity index (χ0n) is 64.8. The Kier molecular flexibility index (Phi) is 33.2. The molecule has 5 unspecified atom stereocenters. The summed E-state index contributed by atoms with van der Waals surface area (Å²) in [7, 11) is 0. The van der Waals surface area contributed by atoms with Crippen molar-refractivity contribution < 1.29 is 9.59 Å². The van der Waals surface area contributed by atoms with Gasteiger partial charge in [0.25, 0.3) is 0 Å². The Morgan fingerprint density at radius 2 is 0.755 bits per heavy atom. The molecule has 2 aliphatic carbocycles. The maximum atomic E-state index is 11.8. The number of thiophene rings is 6. The predicted octanol–water partition coefficient (Wildman–Crippen LogP) is 29.4. The van der Waals surface area contributed by atoms with Crippen LogP contribution in [0, 0.1) is 94.4 Å². The maximum absolute atomic E-state index is 11.8. The fourth-order valence-corrected chi connectivity index (χ4v) is 40.2. The van der Waals surface area contributed by atoms with Crippen LogP contribution in [-0.2, 0) is 9.59 Å². The zero-order valence-corrected chi connectivity index (χ0v) is 79.5. The maximum Gasteiger partial charge on any atom is 0.182 e. The molecule has 0 radical (unpaired) electrons. The van der Waals surface area contributed by atoms with Crippen molar-refractivity contribution in [1.29, 1.82) is 0 Å². The van der Waals surface area contributed by atoms with E-state index >= 15 is 0 Å². The second-order valence-corrected chi connectivity index (χ2v) is 51.2. The van der Waals surface area contributed by atoms with Gasteiger partial charge in [0.1, 0.15) is 0 Å². The molecule has 0 N–H and O–H groups in total. The fourth-order valence-electron chi connectivity index (χ4n) is 13.9. The van der Waals surface area contributed by atoms with Crippen LogP contribution in [0.5, 0.6) is 0 Å². The lowest BCUT2D eigenvalue weighted by Crippen LogP contribution is -2.32. The van der Waals surface area contributed by atoms with Gasteiger partial charge in [-0.1, -0.05) is 90.3 Å². The highest BCUT2D eigenvalue weighted by Gasteiger charge is 2.35. The van der Waals surface area contributed by atoms with Crippen molar-refractivity contribution in [2.75, 3.05) is 71.3 Å².